The molecule has 1 aromatic rings. The lowest BCUT2D eigenvalue weighted by Gasteiger charge is -2.44. The van der Waals surface area contributed by atoms with Gasteiger partial charge in [0.25, 0.3) is 0 Å². The van der Waals surface area contributed by atoms with Crippen LogP contribution in [-0.2, 0) is 9.47 Å². The summed E-state index contributed by atoms with van der Waals surface area (Å²) in [5, 5.41) is 4.51. The Morgan fingerprint density at radius 2 is 2.10 bits per heavy atom. The van der Waals surface area contributed by atoms with Crippen LogP contribution in [0, 0.1) is 0 Å². The van der Waals surface area contributed by atoms with E-state index < -0.39 is 0 Å². The number of benzene rings is 1. The van der Waals surface area contributed by atoms with Gasteiger partial charge in [0.2, 0.25) is 0 Å². The predicted molar refractivity (Wildman–Crippen MR) is 84.6 cm³/mol. The van der Waals surface area contributed by atoms with Gasteiger partial charge in [0.15, 0.2) is 0 Å². The highest BCUT2D eigenvalue weighted by molar-refractivity contribution is 6.35. The minimum Gasteiger partial charge on any atom is -0.486 e. The van der Waals surface area contributed by atoms with Crippen LogP contribution < -0.4 is 10.1 Å². The van der Waals surface area contributed by atoms with Gasteiger partial charge >= 0.3 is 0 Å². The molecule has 21 heavy (non-hydrogen) atoms. The van der Waals surface area contributed by atoms with Crippen LogP contribution in [0.3, 0.4) is 0 Å². The van der Waals surface area contributed by atoms with Crippen LogP contribution in [0.1, 0.15) is 13.3 Å². The molecule has 3 atom stereocenters. The summed E-state index contributed by atoms with van der Waals surface area (Å²) >= 11 is 12.0. The van der Waals surface area contributed by atoms with Gasteiger partial charge in [0, 0.05) is 24.6 Å². The van der Waals surface area contributed by atoms with E-state index in [-0.39, 0.29) is 12.2 Å². The topological polar surface area (TPSA) is 39.7 Å². The molecule has 118 valence electrons. The lowest BCUT2D eigenvalue weighted by molar-refractivity contribution is -0.115. The van der Waals surface area contributed by atoms with Crippen LogP contribution in [-0.4, -0.2) is 45.1 Å². The van der Waals surface area contributed by atoms with Crippen LogP contribution >= 0.6 is 23.2 Å². The molecule has 3 unspecified atom stereocenters. The maximum Gasteiger partial charge on any atom is 0.138 e. The van der Waals surface area contributed by atoms with Gasteiger partial charge in [-0.2, -0.15) is 0 Å². The molecule has 0 spiro atoms. The van der Waals surface area contributed by atoms with Crippen molar-refractivity contribution < 1.29 is 14.2 Å². The van der Waals surface area contributed by atoms with E-state index in [0.717, 1.165) is 13.0 Å². The second-order valence-electron chi connectivity index (χ2n) is 4.96. The van der Waals surface area contributed by atoms with Crippen LogP contribution in [0.2, 0.25) is 10.0 Å². The molecule has 1 saturated carbocycles. The maximum atomic E-state index is 6.14. The first-order valence-corrected chi connectivity index (χ1v) is 7.87. The van der Waals surface area contributed by atoms with E-state index in [2.05, 4.69) is 12.2 Å². The van der Waals surface area contributed by atoms with Crippen molar-refractivity contribution in [2.45, 2.75) is 31.6 Å². The molecule has 2 rings (SSSR count). The molecule has 1 aliphatic rings. The van der Waals surface area contributed by atoms with E-state index in [1.807, 2.05) is 0 Å². The molecular weight excluding hydrogens is 313 g/mol. The standard InChI is InChI=1S/C15H21Cl2NO3/c1-3-18-12-9-14(15(12)20-7-6-19-2)21-13-5-4-10(16)8-11(13)17/h4-5,8,12,14-15,18H,3,6-7,9H2,1-2H3. The zero-order chi connectivity index (χ0) is 15.2. The zero-order valence-electron chi connectivity index (χ0n) is 12.3. The Morgan fingerprint density at radius 3 is 2.76 bits per heavy atom. The number of ether oxygens (including phenoxy) is 3. The number of nitrogens with one attached hydrogen (secondary N) is 1. The summed E-state index contributed by atoms with van der Waals surface area (Å²) in [6.07, 6.45) is 0.890. The maximum absolute atomic E-state index is 6.14. The van der Waals surface area contributed by atoms with Crippen LogP contribution in [0.25, 0.3) is 0 Å². The molecule has 0 bridgehead atoms. The molecule has 6 heteroatoms. The van der Waals surface area contributed by atoms with Gasteiger partial charge < -0.3 is 19.5 Å². The molecule has 0 radical (unpaired) electrons. The fraction of sp³-hybridized carbons (Fsp3) is 0.600. The van der Waals surface area contributed by atoms with E-state index >= 15 is 0 Å². The average molecular weight is 334 g/mol. The third-order valence-electron chi connectivity index (χ3n) is 3.49. The van der Waals surface area contributed by atoms with Crippen LogP contribution in [0.4, 0.5) is 0 Å². The van der Waals surface area contributed by atoms with Crippen molar-refractivity contribution in [3.8, 4) is 5.75 Å². The van der Waals surface area contributed by atoms with E-state index in [4.69, 9.17) is 37.4 Å². The molecular formula is C15H21Cl2NO3. The molecule has 0 saturated heterocycles. The first-order chi connectivity index (χ1) is 10.2. The number of hydrogen-bond donors (Lipinski definition) is 1. The minimum absolute atomic E-state index is 0.00634. The minimum atomic E-state index is -0.00965. The first kappa shape index (κ1) is 16.8. The smallest absolute Gasteiger partial charge is 0.138 e. The largest absolute Gasteiger partial charge is 0.486 e. The van der Waals surface area contributed by atoms with Crippen molar-refractivity contribution in [2.24, 2.45) is 0 Å². The quantitative estimate of drug-likeness (QED) is 0.742. The van der Waals surface area contributed by atoms with E-state index in [9.17, 15) is 0 Å². The molecule has 1 aliphatic carbocycles. The van der Waals surface area contributed by atoms with Crippen molar-refractivity contribution >= 4 is 23.2 Å². The van der Waals surface area contributed by atoms with Gasteiger partial charge in [0.1, 0.15) is 18.0 Å². The Kier molecular flexibility index (Phi) is 6.58. The summed E-state index contributed by atoms with van der Waals surface area (Å²) in [4.78, 5) is 0. The number of likely N-dealkylation sites (N-methyl/N-ethyl adjacent to an activating group) is 1. The number of methoxy groups -OCH3 is 1. The van der Waals surface area contributed by atoms with Gasteiger partial charge in [-0.15, -0.1) is 0 Å². The number of halogens is 2. The molecule has 0 aromatic heterocycles. The Labute approximate surface area is 135 Å². The second kappa shape index (κ2) is 8.20. The van der Waals surface area contributed by atoms with Gasteiger partial charge in [-0.1, -0.05) is 30.1 Å². The Hall–Kier alpha value is -0.520. The summed E-state index contributed by atoms with van der Waals surface area (Å²) in [6.45, 7) is 4.11. The van der Waals surface area contributed by atoms with Gasteiger partial charge in [-0.05, 0) is 24.7 Å². The van der Waals surface area contributed by atoms with E-state index in [1.165, 1.54) is 0 Å². The van der Waals surface area contributed by atoms with E-state index in [1.54, 1.807) is 25.3 Å². The van der Waals surface area contributed by atoms with Gasteiger partial charge in [-0.25, -0.2) is 0 Å². The molecule has 0 amide bonds. The molecule has 0 aliphatic heterocycles. The van der Waals surface area contributed by atoms with Crippen LogP contribution in [0.5, 0.6) is 5.75 Å². The van der Waals surface area contributed by atoms with Crippen molar-refractivity contribution in [2.75, 3.05) is 26.9 Å². The Morgan fingerprint density at radius 1 is 1.29 bits per heavy atom. The lowest BCUT2D eigenvalue weighted by atomic mass is 9.85. The highest BCUT2D eigenvalue weighted by atomic mass is 35.5. The van der Waals surface area contributed by atoms with Crippen molar-refractivity contribution in [1.82, 2.24) is 5.32 Å². The van der Waals surface area contributed by atoms with Gasteiger partial charge in [-0.3, -0.25) is 0 Å². The molecule has 1 aromatic carbocycles. The SMILES string of the molecule is CCNC1CC(Oc2ccc(Cl)cc2Cl)C1OCCOC. The van der Waals surface area contributed by atoms with Crippen molar-refractivity contribution in [3.05, 3.63) is 28.2 Å². The lowest BCUT2D eigenvalue weighted by Crippen LogP contribution is -2.61. The third-order valence-corrected chi connectivity index (χ3v) is 4.02. The molecule has 4 nitrogen and oxygen atoms in total. The summed E-state index contributed by atoms with van der Waals surface area (Å²) in [5.41, 5.74) is 0. The highest BCUT2D eigenvalue weighted by Crippen LogP contribution is 2.34. The van der Waals surface area contributed by atoms with Crippen LogP contribution in [0.15, 0.2) is 18.2 Å². The van der Waals surface area contributed by atoms with E-state index in [0.29, 0.717) is 35.1 Å². The highest BCUT2D eigenvalue weighted by Gasteiger charge is 2.43. The normalized spacial score (nSPS) is 24.7. The third kappa shape index (κ3) is 4.47. The van der Waals surface area contributed by atoms with Gasteiger partial charge in [0.05, 0.1) is 18.2 Å². The summed E-state index contributed by atoms with van der Waals surface area (Å²) in [7, 11) is 1.66. The molecule has 1 N–H and O–H groups in total. The number of rotatable bonds is 8. The average Bonchev–Trinajstić information content (AvgIpc) is 2.44. The monoisotopic (exact) mass is 333 g/mol. The van der Waals surface area contributed by atoms with Crippen molar-refractivity contribution in [3.63, 3.8) is 0 Å². The fourth-order valence-corrected chi connectivity index (χ4v) is 2.84. The second-order valence-corrected chi connectivity index (χ2v) is 5.80. The zero-order valence-corrected chi connectivity index (χ0v) is 13.8. The summed E-state index contributed by atoms with van der Waals surface area (Å²) in [6, 6.07) is 5.55. The van der Waals surface area contributed by atoms with Crippen molar-refractivity contribution in [1.29, 1.82) is 0 Å². The molecule has 1 fully saturated rings. The fourth-order valence-electron chi connectivity index (χ4n) is 2.38. The Bertz CT molecular complexity index is 459. The first-order valence-electron chi connectivity index (χ1n) is 7.11. The summed E-state index contributed by atoms with van der Waals surface area (Å²) < 4.78 is 16.8. The molecule has 0 heterocycles. The Balaban J connectivity index is 1.94. The predicted octanol–water partition coefficient (Wildman–Crippen LogP) is 3.15. The summed E-state index contributed by atoms with van der Waals surface area (Å²) in [5.74, 6) is 0.640. The number of hydrogen-bond acceptors (Lipinski definition) is 4.